The highest BCUT2D eigenvalue weighted by Crippen LogP contribution is 2.43. The standard InChI is InChI=1S/C57H39N5/c1-5-13-40(14-6-1)43-21-26-48(27-22-43)61(49-28-23-45(24-29-49)57-59-38-58-39-60-57)50-30-32-51(33-31-50)62-55-34-25-46(41-15-7-2-8-16-41)35-53(55)54-37-47(42-17-9-3-10-18-42)36-52(56(54)62)44-19-11-4-12-20-44/h1-39H. The van der Waals surface area contributed by atoms with Gasteiger partial charge >= 0.3 is 0 Å². The van der Waals surface area contributed by atoms with Crippen LogP contribution in [-0.2, 0) is 0 Å². The van der Waals surface area contributed by atoms with Gasteiger partial charge in [-0.05, 0) is 124 Å². The molecule has 11 rings (SSSR count). The molecule has 2 aromatic heterocycles. The van der Waals surface area contributed by atoms with Crippen LogP contribution in [0.4, 0.5) is 17.1 Å². The first-order valence-electron chi connectivity index (χ1n) is 20.8. The SMILES string of the molecule is c1ccc(-c2ccc(N(c3ccc(-c4ncncn4)cc3)c3ccc(-n4c5ccc(-c6ccccc6)cc5c5cc(-c6ccccc6)cc(-c6ccccc6)c54)cc3)cc2)cc1. The molecular weight excluding hydrogens is 755 g/mol. The lowest BCUT2D eigenvalue weighted by molar-refractivity contribution is 1.06. The maximum absolute atomic E-state index is 4.38. The Kier molecular flexibility index (Phi) is 9.45. The average Bonchev–Trinajstić information content (AvgIpc) is 3.69. The molecule has 0 radical (unpaired) electrons. The van der Waals surface area contributed by atoms with Gasteiger partial charge in [-0.15, -0.1) is 0 Å². The second-order valence-corrected chi connectivity index (χ2v) is 15.4. The van der Waals surface area contributed by atoms with Crippen LogP contribution in [-0.4, -0.2) is 19.5 Å². The lowest BCUT2D eigenvalue weighted by atomic mass is 9.95. The van der Waals surface area contributed by atoms with Crippen LogP contribution in [0, 0.1) is 0 Å². The maximum atomic E-state index is 4.38. The Morgan fingerprint density at radius 1 is 0.339 bits per heavy atom. The summed E-state index contributed by atoms with van der Waals surface area (Å²) in [6.07, 6.45) is 3.06. The molecule has 0 saturated heterocycles. The molecule has 0 fully saturated rings. The van der Waals surface area contributed by atoms with Gasteiger partial charge in [-0.1, -0.05) is 140 Å². The van der Waals surface area contributed by atoms with E-state index in [0.29, 0.717) is 5.82 Å². The van der Waals surface area contributed by atoms with E-state index in [-0.39, 0.29) is 0 Å². The molecule has 2 heterocycles. The van der Waals surface area contributed by atoms with Gasteiger partial charge in [0.15, 0.2) is 5.82 Å². The molecule has 0 aliphatic heterocycles. The van der Waals surface area contributed by atoms with E-state index in [4.69, 9.17) is 0 Å². The zero-order chi connectivity index (χ0) is 41.2. The fourth-order valence-electron chi connectivity index (χ4n) is 8.64. The highest BCUT2D eigenvalue weighted by Gasteiger charge is 2.21. The topological polar surface area (TPSA) is 46.8 Å². The zero-order valence-corrected chi connectivity index (χ0v) is 33.8. The molecular formula is C57H39N5. The van der Waals surface area contributed by atoms with Crippen molar-refractivity contribution in [2.75, 3.05) is 4.90 Å². The number of benzene rings is 9. The summed E-state index contributed by atoms with van der Waals surface area (Å²) in [4.78, 5) is 15.1. The molecule has 0 unspecified atom stereocenters. The van der Waals surface area contributed by atoms with Crippen molar-refractivity contribution < 1.29 is 0 Å². The fourth-order valence-corrected chi connectivity index (χ4v) is 8.64. The van der Waals surface area contributed by atoms with Gasteiger partial charge in [0.25, 0.3) is 0 Å². The first-order chi connectivity index (χ1) is 30.7. The molecule has 0 saturated carbocycles. The molecule has 11 aromatic rings. The smallest absolute Gasteiger partial charge is 0.162 e. The van der Waals surface area contributed by atoms with Gasteiger partial charge in [0.05, 0.1) is 11.0 Å². The van der Waals surface area contributed by atoms with Crippen molar-refractivity contribution in [2.45, 2.75) is 0 Å². The normalized spacial score (nSPS) is 11.2. The number of nitrogens with zero attached hydrogens (tertiary/aromatic N) is 5. The third-order valence-electron chi connectivity index (χ3n) is 11.6. The summed E-state index contributed by atoms with van der Waals surface area (Å²) < 4.78 is 2.45. The van der Waals surface area contributed by atoms with E-state index < -0.39 is 0 Å². The highest BCUT2D eigenvalue weighted by atomic mass is 15.1. The zero-order valence-electron chi connectivity index (χ0n) is 33.8. The summed E-state index contributed by atoms with van der Waals surface area (Å²) in [7, 11) is 0. The highest BCUT2D eigenvalue weighted by molar-refractivity contribution is 6.16. The van der Waals surface area contributed by atoms with Crippen LogP contribution in [0.1, 0.15) is 0 Å². The first-order valence-corrected chi connectivity index (χ1v) is 20.8. The number of aromatic nitrogens is 4. The number of hydrogen-bond acceptors (Lipinski definition) is 4. The summed E-state index contributed by atoms with van der Waals surface area (Å²) in [5, 5.41) is 2.42. The third-order valence-corrected chi connectivity index (χ3v) is 11.6. The van der Waals surface area contributed by atoms with Crippen LogP contribution in [0.5, 0.6) is 0 Å². The Morgan fingerprint density at radius 2 is 0.774 bits per heavy atom. The maximum Gasteiger partial charge on any atom is 0.162 e. The summed E-state index contributed by atoms with van der Waals surface area (Å²) in [5.41, 5.74) is 16.9. The van der Waals surface area contributed by atoms with Gasteiger partial charge < -0.3 is 9.47 Å². The van der Waals surface area contributed by atoms with Crippen molar-refractivity contribution in [3.8, 4) is 61.6 Å². The fraction of sp³-hybridized carbons (Fsp3) is 0. The molecule has 5 nitrogen and oxygen atoms in total. The van der Waals surface area contributed by atoms with Crippen molar-refractivity contribution in [3.63, 3.8) is 0 Å². The molecule has 292 valence electrons. The molecule has 0 aliphatic carbocycles. The van der Waals surface area contributed by atoms with Crippen LogP contribution in [0.15, 0.2) is 237 Å². The summed E-state index contributed by atoms with van der Waals surface area (Å²) >= 11 is 0. The van der Waals surface area contributed by atoms with Crippen molar-refractivity contribution in [2.24, 2.45) is 0 Å². The van der Waals surface area contributed by atoms with Crippen molar-refractivity contribution in [1.29, 1.82) is 0 Å². The minimum atomic E-state index is 0.641. The lowest BCUT2D eigenvalue weighted by Gasteiger charge is -2.26. The molecule has 9 aromatic carbocycles. The molecule has 5 heteroatoms. The minimum Gasteiger partial charge on any atom is -0.311 e. The monoisotopic (exact) mass is 793 g/mol. The summed E-state index contributed by atoms with van der Waals surface area (Å²) in [6, 6.07) is 80.5. The van der Waals surface area contributed by atoms with Crippen molar-refractivity contribution in [1.82, 2.24) is 19.5 Å². The van der Waals surface area contributed by atoms with E-state index in [1.54, 1.807) is 0 Å². The molecule has 62 heavy (non-hydrogen) atoms. The van der Waals surface area contributed by atoms with Gasteiger partial charge in [0.2, 0.25) is 0 Å². The van der Waals surface area contributed by atoms with Gasteiger partial charge in [-0.2, -0.15) is 0 Å². The summed E-state index contributed by atoms with van der Waals surface area (Å²) in [5.74, 6) is 0.641. The van der Waals surface area contributed by atoms with E-state index in [2.05, 4.69) is 249 Å². The largest absolute Gasteiger partial charge is 0.311 e. The first kappa shape index (κ1) is 36.7. The number of rotatable bonds is 9. The van der Waals surface area contributed by atoms with Gasteiger partial charge in [-0.3, -0.25) is 0 Å². The van der Waals surface area contributed by atoms with Crippen molar-refractivity contribution in [3.05, 3.63) is 237 Å². The van der Waals surface area contributed by atoms with Crippen LogP contribution in [0.3, 0.4) is 0 Å². The second kappa shape index (κ2) is 16.0. The van der Waals surface area contributed by atoms with Gasteiger partial charge in [0.1, 0.15) is 12.7 Å². The average molecular weight is 794 g/mol. The minimum absolute atomic E-state index is 0.641. The van der Waals surface area contributed by atoms with E-state index in [9.17, 15) is 0 Å². The molecule has 0 N–H and O–H groups in total. The third kappa shape index (κ3) is 6.87. The van der Waals surface area contributed by atoms with E-state index in [0.717, 1.165) is 33.8 Å². The van der Waals surface area contributed by atoms with Gasteiger partial charge in [0, 0.05) is 44.6 Å². The van der Waals surface area contributed by atoms with E-state index >= 15 is 0 Å². The Labute approximate surface area is 360 Å². The molecule has 0 aliphatic rings. The number of hydrogen-bond donors (Lipinski definition) is 0. The summed E-state index contributed by atoms with van der Waals surface area (Å²) in [6.45, 7) is 0. The predicted octanol–water partition coefficient (Wildman–Crippen LogP) is 14.8. The van der Waals surface area contributed by atoms with E-state index in [1.165, 1.54) is 73.5 Å². The van der Waals surface area contributed by atoms with Crippen LogP contribution in [0.25, 0.3) is 83.4 Å². The Hall–Kier alpha value is -8.41. The van der Waals surface area contributed by atoms with Crippen LogP contribution < -0.4 is 4.90 Å². The second-order valence-electron chi connectivity index (χ2n) is 15.4. The lowest BCUT2D eigenvalue weighted by Crippen LogP contribution is -2.10. The Bertz CT molecular complexity index is 3200. The number of anilines is 3. The molecule has 0 bridgehead atoms. The van der Waals surface area contributed by atoms with Crippen LogP contribution >= 0.6 is 0 Å². The van der Waals surface area contributed by atoms with E-state index in [1.807, 2.05) is 0 Å². The molecule has 0 spiro atoms. The number of fused-ring (bicyclic) bond motifs is 3. The molecule has 0 amide bonds. The predicted molar refractivity (Wildman–Crippen MR) is 256 cm³/mol. The van der Waals surface area contributed by atoms with Gasteiger partial charge in [-0.25, -0.2) is 15.0 Å². The van der Waals surface area contributed by atoms with Crippen molar-refractivity contribution >= 4 is 38.9 Å². The quantitative estimate of drug-likeness (QED) is 0.146. The Balaban J connectivity index is 1.09. The molecule has 0 atom stereocenters. The Morgan fingerprint density at radius 3 is 1.34 bits per heavy atom. The van der Waals surface area contributed by atoms with Crippen LogP contribution in [0.2, 0.25) is 0 Å².